The van der Waals surface area contributed by atoms with E-state index in [-0.39, 0.29) is 6.54 Å². The van der Waals surface area contributed by atoms with Gasteiger partial charge in [0.25, 0.3) is 0 Å². The number of carbonyl (C=O) groups excluding carboxylic acids is 1. The molecule has 0 aliphatic carbocycles. The summed E-state index contributed by atoms with van der Waals surface area (Å²) < 4.78 is 5.16. The molecule has 2 atom stereocenters. The molecule has 0 saturated heterocycles. The maximum Gasteiger partial charge on any atom is 0.407 e. The Balaban J connectivity index is 2.63. The number of hydrogen-bond acceptors (Lipinski definition) is 5. The maximum absolute atomic E-state index is 11.6. The van der Waals surface area contributed by atoms with Gasteiger partial charge >= 0.3 is 6.09 Å². The molecule has 0 fully saturated rings. The molecule has 6 heteroatoms. The number of nitrogens with one attached hydrogen (secondary N) is 2. The van der Waals surface area contributed by atoms with E-state index in [0.717, 1.165) is 5.56 Å². The summed E-state index contributed by atoms with van der Waals surface area (Å²) in [7, 11) is 1.71. The van der Waals surface area contributed by atoms with Crippen molar-refractivity contribution in [2.45, 2.75) is 45.1 Å². The van der Waals surface area contributed by atoms with Gasteiger partial charge in [-0.25, -0.2) is 4.79 Å². The number of aliphatic hydroxyl groups excluding tert-OH is 2. The summed E-state index contributed by atoms with van der Waals surface area (Å²) in [6.45, 7) is 5.98. The van der Waals surface area contributed by atoms with Crippen molar-refractivity contribution in [2.75, 3.05) is 13.6 Å². The first-order valence-corrected chi connectivity index (χ1v) is 7.29. The summed E-state index contributed by atoms with van der Waals surface area (Å²) in [4.78, 5) is 11.6. The van der Waals surface area contributed by atoms with Crippen molar-refractivity contribution in [3.63, 3.8) is 0 Å². The van der Waals surface area contributed by atoms with E-state index in [0.29, 0.717) is 12.1 Å². The maximum atomic E-state index is 11.6. The molecule has 6 nitrogen and oxygen atoms in total. The Morgan fingerprint density at radius 3 is 2.59 bits per heavy atom. The zero-order chi connectivity index (χ0) is 16.8. The van der Waals surface area contributed by atoms with Crippen LogP contribution in [-0.2, 0) is 11.3 Å². The number of carbonyl (C=O) groups is 1. The molecular formula is C16H26N2O4. The molecule has 4 N–H and O–H groups in total. The highest BCUT2D eigenvalue weighted by Gasteiger charge is 2.18. The molecule has 1 amide bonds. The van der Waals surface area contributed by atoms with Crippen LogP contribution in [0, 0.1) is 0 Å². The summed E-state index contributed by atoms with van der Waals surface area (Å²) in [5, 5.41) is 25.3. The van der Waals surface area contributed by atoms with Crippen LogP contribution >= 0.6 is 0 Å². The molecule has 0 heterocycles. The van der Waals surface area contributed by atoms with Gasteiger partial charge in [-0.05, 0) is 38.9 Å². The van der Waals surface area contributed by atoms with Crippen molar-refractivity contribution in [1.82, 2.24) is 10.6 Å². The van der Waals surface area contributed by atoms with Gasteiger partial charge in [0.15, 0.2) is 0 Å². The van der Waals surface area contributed by atoms with Crippen molar-refractivity contribution in [1.29, 1.82) is 0 Å². The van der Waals surface area contributed by atoms with Crippen LogP contribution in [0.4, 0.5) is 4.79 Å². The van der Waals surface area contributed by atoms with E-state index < -0.39 is 23.9 Å². The summed E-state index contributed by atoms with van der Waals surface area (Å²) in [6, 6.07) is 7.09. The zero-order valence-electron chi connectivity index (χ0n) is 13.6. The predicted octanol–water partition coefficient (Wildman–Crippen LogP) is 1.32. The third-order valence-electron chi connectivity index (χ3n) is 2.91. The Morgan fingerprint density at radius 1 is 1.32 bits per heavy atom. The van der Waals surface area contributed by atoms with Gasteiger partial charge in [0, 0.05) is 13.1 Å². The Morgan fingerprint density at radius 2 is 2.00 bits per heavy atom. The molecule has 1 aromatic rings. The van der Waals surface area contributed by atoms with Gasteiger partial charge in [0.1, 0.15) is 11.7 Å². The van der Waals surface area contributed by atoms with Gasteiger partial charge in [-0.3, -0.25) is 0 Å². The van der Waals surface area contributed by atoms with Gasteiger partial charge in [-0.1, -0.05) is 24.3 Å². The van der Waals surface area contributed by atoms with Gasteiger partial charge in [0.2, 0.25) is 0 Å². The second-order valence-corrected chi connectivity index (χ2v) is 6.17. The largest absolute Gasteiger partial charge is 0.444 e. The number of likely N-dealkylation sites (N-methyl/N-ethyl adjacent to an activating group) is 1. The van der Waals surface area contributed by atoms with Gasteiger partial charge in [-0.15, -0.1) is 0 Å². The molecule has 124 valence electrons. The lowest BCUT2D eigenvalue weighted by molar-refractivity contribution is 0.0202. The Bertz CT molecular complexity index is 485. The summed E-state index contributed by atoms with van der Waals surface area (Å²) in [5.41, 5.74) is 0.879. The van der Waals surface area contributed by atoms with Crippen molar-refractivity contribution in [3.05, 3.63) is 35.4 Å². The average Bonchev–Trinajstić information content (AvgIpc) is 2.43. The zero-order valence-corrected chi connectivity index (χ0v) is 13.6. The van der Waals surface area contributed by atoms with E-state index in [1.165, 1.54) is 0 Å². The minimum Gasteiger partial charge on any atom is -0.444 e. The monoisotopic (exact) mass is 310 g/mol. The molecule has 0 aromatic heterocycles. The Labute approximate surface area is 131 Å². The van der Waals surface area contributed by atoms with Crippen molar-refractivity contribution < 1.29 is 19.7 Å². The molecular weight excluding hydrogens is 284 g/mol. The molecule has 1 aromatic carbocycles. The van der Waals surface area contributed by atoms with Crippen LogP contribution in [0.5, 0.6) is 0 Å². The normalized spacial score (nSPS) is 14.3. The third kappa shape index (κ3) is 6.43. The first-order chi connectivity index (χ1) is 10.2. The number of ether oxygens (including phenoxy) is 1. The van der Waals surface area contributed by atoms with Crippen LogP contribution in [0.15, 0.2) is 24.3 Å². The number of rotatable bonds is 6. The number of amides is 1. The van der Waals surface area contributed by atoms with Crippen molar-refractivity contribution in [3.8, 4) is 0 Å². The average molecular weight is 310 g/mol. The summed E-state index contributed by atoms with van der Waals surface area (Å²) in [5.74, 6) is 0. The van der Waals surface area contributed by atoms with Crippen LogP contribution < -0.4 is 10.6 Å². The summed E-state index contributed by atoms with van der Waals surface area (Å²) in [6.07, 6.45) is -2.36. The second-order valence-electron chi connectivity index (χ2n) is 6.17. The van der Waals surface area contributed by atoms with Gasteiger partial charge < -0.3 is 25.6 Å². The quantitative estimate of drug-likeness (QED) is 0.636. The van der Waals surface area contributed by atoms with Crippen LogP contribution in [0.25, 0.3) is 0 Å². The highest BCUT2D eigenvalue weighted by molar-refractivity contribution is 5.67. The Kier molecular flexibility index (Phi) is 6.80. The van der Waals surface area contributed by atoms with E-state index in [1.54, 1.807) is 46.0 Å². The molecule has 0 bridgehead atoms. The number of benzene rings is 1. The van der Waals surface area contributed by atoms with Crippen LogP contribution in [-0.4, -0.2) is 41.6 Å². The highest BCUT2D eigenvalue weighted by atomic mass is 16.6. The molecule has 0 aliphatic heterocycles. The van der Waals surface area contributed by atoms with E-state index in [1.807, 2.05) is 6.07 Å². The van der Waals surface area contributed by atoms with E-state index in [9.17, 15) is 15.0 Å². The Hall–Kier alpha value is -1.63. The fourth-order valence-corrected chi connectivity index (χ4v) is 1.92. The first kappa shape index (κ1) is 18.4. The lowest BCUT2D eigenvalue weighted by Crippen LogP contribution is -2.32. The molecule has 0 saturated carbocycles. The molecule has 0 spiro atoms. The lowest BCUT2D eigenvalue weighted by atomic mass is 10.0. The minimum absolute atomic E-state index is 0.289. The molecule has 2 unspecified atom stereocenters. The van der Waals surface area contributed by atoms with Crippen molar-refractivity contribution in [2.24, 2.45) is 0 Å². The van der Waals surface area contributed by atoms with Gasteiger partial charge in [0.05, 0.1) is 6.10 Å². The van der Waals surface area contributed by atoms with E-state index >= 15 is 0 Å². The lowest BCUT2D eigenvalue weighted by Gasteiger charge is -2.20. The standard InChI is InChI=1S/C16H26N2O4/c1-16(2,3)22-15(21)18-9-11-6-5-7-12(8-11)14(20)13(19)10-17-4/h5-8,13-14,17,19-20H,9-10H2,1-4H3,(H,18,21). The number of aliphatic hydroxyl groups is 2. The highest BCUT2D eigenvalue weighted by Crippen LogP contribution is 2.18. The fourth-order valence-electron chi connectivity index (χ4n) is 1.92. The van der Waals surface area contributed by atoms with E-state index in [4.69, 9.17) is 4.74 Å². The number of alkyl carbamates (subject to hydrolysis) is 1. The first-order valence-electron chi connectivity index (χ1n) is 7.29. The second kappa shape index (κ2) is 8.12. The third-order valence-corrected chi connectivity index (χ3v) is 2.91. The SMILES string of the molecule is CNCC(O)C(O)c1cccc(CNC(=O)OC(C)(C)C)c1. The topological polar surface area (TPSA) is 90.8 Å². The molecule has 0 aliphatic rings. The number of hydrogen-bond donors (Lipinski definition) is 4. The predicted molar refractivity (Wildman–Crippen MR) is 84.4 cm³/mol. The van der Waals surface area contributed by atoms with Crippen LogP contribution in [0.3, 0.4) is 0 Å². The summed E-state index contributed by atoms with van der Waals surface area (Å²) >= 11 is 0. The van der Waals surface area contributed by atoms with Crippen molar-refractivity contribution >= 4 is 6.09 Å². The van der Waals surface area contributed by atoms with Crippen LogP contribution in [0.2, 0.25) is 0 Å². The minimum atomic E-state index is -0.978. The van der Waals surface area contributed by atoms with Crippen LogP contribution in [0.1, 0.15) is 38.0 Å². The van der Waals surface area contributed by atoms with E-state index in [2.05, 4.69) is 10.6 Å². The fraction of sp³-hybridized carbons (Fsp3) is 0.562. The molecule has 22 heavy (non-hydrogen) atoms. The molecule has 0 radical (unpaired) electrons. The molecule has 1 rings (SSSR count). The van der Waals surface area contributed by atoms with Gasteiger partial charge in [-0.2, -0.15) is 0 Å². The smallest absolute Gasteiger partial charge is 0.407 e.